The van der Waals surface area contributed by atoms with E-state index in [1.54, 1.807) is 0 Å². The van der Waals surface area contributed by atoms with Crippen LogP contribution in [0.2, 0.25) is 0 Å². The zero-order valence-corrected chi connectivity index (χ0v) is 10.3. The van der Waals surface area contributed by atoms with Gasteiger partial charge in [0.25, 0.3) is 0 Å². The maximum absolute atomic E-state index is 3.65. The largest absolute Gasteiger partial charge is 0.382 e. The van der Waals surface area contributed by atoms with Crippen LogP contribution < -0.4 is 5.32 Å². The summed E-state index contributed by atoms with van der Waals surface area (Å²) in [4.78, 5) is 0. The van der Waals surface area contributed by atoms with Gasteiger partial charge in [-0.05, 0) is 37.0 Å². The Morgan fingerprint density at radius 3 is 2.38 bits per heavy atom. The van der Waals surface area contributed by atoms with Crippen molar-refractivity contribution in [1.29, 1.82) is 0 Å². The van der Waals surface area contributed by atoms with Gasteiger partial charge in [0, 0.05) is 11.7 Å². The van der Waals surface area contributed by atoms with Crippen molar-refractivity contribution in [2.45, 2.75) is 57.9 Å². The van der Waals surface area contributed by atoms with E-state index in [2.05, 4.69) is 36.5 Å². The highest BCUT2D eigenvalue weighted by molar-refractivity contribution is 5.45. The van der Waals surface area contributed by atoms with Crippen LogP contribution in [0.3, 0.4) is 0 Å². The third-order valence-corrected chi connectivity index (χ3v) is 3.47. The van der Waals surface area contributed by atoms with Crippen molar-refractivity contribution in [3.05, 3.63) is 29.8 Å². The lowest BCUT2D eigenvalue weighted by molar-refractivity contribution is 0.463. The highest BCUT2D eigenvalue weighted by atomic mass is 14.9. The van der Waals surface area contributed by atoms with Crippen LogP contribution >= 0.6 is 0 Å². The van der Waals surface area contributed by atoms with Crippen molar-refractivity contribution in [2.75, 3.05) is 5.32 Å². The van der Waals surface area contributed by atoms with Gasteiger partial charge in [0.15, 0.2) is 0 Å². The fourth-order valence-corrected chi connectivity index (χ4v) is 2.54. The van der Waals surface area contributed by atoms with Gasteiger partial charge in [0.2, 0.25) is 0 Å². The molecule has 0 unspecified atom stereocenters. The second-order valence-corrected chi connectivity index (χ2v) is 4.93. The molecular formula is C15H23N. The van der Waals surface area contributed by atoms with Gasteiger partial charge in [0.1, 0.15) is 0 Å². The predicted octanol–water partition coefficient (Wildman–Crippen LogP) is 4.38. The number of rotatable bonds is 4. The minimum Gasteiger partial charge on any atom is -0.382 e. The molecular weight excluding hydrogens is 194 g/mol. The molecule has 2 rings (SSSR count). The van der Waals surface area contributed by atoms with Gasteiger partial charge in [-0.3, -0.25) is 0 Å². The summed E-state index contributed by atoms with van der Waals surface area (Å²) >= 11 is 0. The smallest absolute Gasteiger partial charge is 0.0342 e. The molecule has 1 fully saturated rings. The van der Waals surface area contributed by atoms with Crippen LogP contribution in [-0.2, 0) is 6.42 Å². The molecule has 1 saturated carbocycles. The summed E-state index contributed by atoms with van der Waals surface area (Å²) in [6.45, 7) is 2.23. The minimum atomic E-state index is 0.714. The Morgan fingerprint density at radius 1 is 1.06 bits per heavy atom. The Labute approximate surface area is 99.3 Å². The first-order chi connectivity index (χ1) is 7.88. The Bertz CT molecular complexity index is 296. The van der Waals surface area contributed by atoms with Crippen LogP contribution in [0.15, 0.2) is 24.3 Å². The maximum atomic E-state index is 3.65. The molecule has 0 aromatic heterocycles. The Kier molecular flexibility index (Phi) is 4.26. The summed E-state index contributed by atoms with van der Waals surface area (Å²) in [5, 5.41) is 3.65. The third-order valence-electron chi connectivity index (χ3n) is 3.47. The molecule has 1 aliphatic carbocycles. The molecule has 1 heteroatoms. The fraction of sp³-hybridized carbons (Fsp3) is 0.600. The fourth-order valence-electron chi connectivity index (χ4n) is 2.54. The Morgan fingerprint density at radius 2 is 1.75 bits per heavy atom. The van der Waals surface area contributed by atoms with E-state index in [1.165, 1.54) is 56.2 Å². The van der Waals surface area contributed by atoms with Crippen LogP contribution in [0.4, 0.5) is 5.69 Å². The molecule has 1 N–H and O–H groups in total. The molecule has 88 valence electrons. The van der Waals surface area contributed by atoms with Gasteiger partial charge < -0.3 is 5.32 Å². The Hall–Kier alpha value is -0.980. The van der Waals surface area contributed by atoms with E-state index in [9.17, 15) is 0 Å². The summed E-state index contributed by atoms with van der Waals surface area (Å²) in [5.74, 6) is 0. The van der Waals surface area contributed by atoms with Crippen molar-refractivity contribution in [3.63, 3.8) is 0 Å². The molecule has 0 spiro atoms. The second-order valence-electron chi connectivity index (χ2n) is 4.93. The summed E-state index contributed by atoms with van der Waals surface area (Å²) in [6, 6.07) is 9.70. The summed E-state index contributed by atoms with van der Waals surface area (Å²) in [6.07, 6.45) is 9.33. The van der Waals surface area contributed by atoms with E-state index in [0.29, 0.717) is 6.04 Å². The first-order valence-electron chi connectivity index (χ1n) is 6.74. The average Bonchev–Trinajstić information content (AvgIpc) is 2.33. The standard InChI is InChI=1S/C15H23N/c1-2-6-13-9-11-15(12-10-13)16-14-7-4-3-5-8-14/h9-12,14,16H,2-8H2,1H3. The van der Waals surface area contributed by atoms with Gasteiger partial charge in [-0.2, -0.15) is 0 Å². The lowest BCUT2D eigenvalue weighted by Gasteiger charge is -2.23. The number of hydrogen-bond donors (Lipinski definition) is 1. The lowest BCUT2D eigenvalue weighted by atomic mass is 9.95. The highest BCUT2D eigenvalue weighted by Gasteiger charge is 2.12. The van der Waals surface area contributed by atoms with Crippen LogP contribution in [0.1, 0.15) is 51.0 Å². The molecule has 0 heterocycles. The van der Waals surface area contributed by atoms with Crippen molar-refractivity contribution >= 4 is 5.69 Å². The highest BCUT2D eigenvalue weighted by Crippen LogP contribution is 2.21. The zero-order valence-electron chi connectivity index (χ0n) is 10.3. The molecule has 0 atom stereocenters. The Balaban J connectivity index is 1.88. The van der Waals surface area contributed by atoms with E-state index in [1.807, 2.05) is 0 Å². The van der Waals surface area contributed by atoms with E-state index in [0.717, 1.165) is 0 Å². The monoisotopic (exact) mass is 217 g/mol. The summed E-state index contributed by atoms with van der Waals surface area (Å²) < 4.78 is 0. The molecule has 0 saturated heterocycles. The van der Waals surface area contributed by atoms with E-state index in [-0.39, 0.29) is 0 Å². The second kappa shape index (κ2) is 5.93. The summed E-state index contributed by atoms with van der Waals surface area (Å²) in [5.41, 5.74) is 2.75. The van der Waals surface area contributed by atoms with Crippen molar-refractivity contribution < 1.29 is 0 Å². The molecule has 16 heavy (non-hydrogen) atoms. The van der Waals surface area contributed by atoms with Crippen molar-refractivity contribution in [2.24, 2.45) is 0 Å². The van der Waals surface area contributed by atoms with Crippen LogP contribution in [0.25, 0.3) is 0 Å². The normalized spacial score (nSPS) is 17.3. The van der Waals surface area contributed by atoms with Crippen molar-refractivity contribution in [3.8, 4) is 0 Å². The van der Waals surface area contributed by atoms with Gasteiger partial charge in [-0.1, -0.05) is 44.7 Å². The molecule has 1 nitrogen and oxygen atoms in total. The van der Waals surface area contributed by atoms with Crippen LogP contribution in [0.5, 0.6) is 0 Å². The van der Waals surface area contributed by atoms with Crippen LogP contribution in [-0.4, -0.2) is 6.04 Å². The SMILES string of the molecule is CCCc1ccc(NC2CCCCC2)cc1. The lowest BCUT2D eigenvalue weighted by Crippen LogP contribution is -2.22. The first kappa shape index (κ1) is 11.5. The number of anilines is 1. The third kappa shape index (κ3) is 3.26. The summed E-state index contributed by atoms with van der Waals surface area (Å²) in [7, 11) is 0. The first-order valence-corrected chi connectivity index (χ1v) is 6.74. The molecule has 0 bridgehead atoms. The zero-order chi connectivity index (χ0) is 11.2. The number of benzene rings is 1. The van der Waals surface area contributed by atoms with Gasteiger partial charge in [0.05, 0.1) is 0 Å². The number of aryl methyl sites for hydroxylation is 1. The van der Waals surface area contributed by atoms with Crippen molar-refractivity contribution in [1.82, 2.24) is 0 Å². The maximum Gasteiger partial charge on any atom is 0.0342 e. The number of nitrogens with one attached hydrogen (secondary N) is 1. The topological polar surface area (TPSA) is 12.0 Å². The molecule has 1 aromatic carbocycles. The molecule has 0 radical (unpaired) electrons. The van der Waals surface area contributed by atoms with Gasteiger partial charge in [-0.15, -0.1) is 0 Å². The van der Waals surface area contributed by atoms with E-state index in [4.69, 9.17) is 0 Å². The molecule has 0 aliphatic heterocycles. The van der Waals surface area contributed by atoms with Gasteiger partial charge in [-0.25, -0.2) is 0 Å². The molecule has 0 amide bonds. The quantitative estimate of drug-likeness (QED) is 0.789. The van der Waals surface area contributed by atoms with E-state index < -0.39 is 0 Å². The number of hydrogen-bond acceptors (Lipinski definition) is 1. The van der Waals surface area contributed by atoms with Gasteiger partial charge >= 0.3 is 0 Å². The predicted molar refractivity (Wildman–Crippen MR) is 70.9 cm³/mol. The molecule has 1 aromatic rings. The minimum absolute atomic E-state index is 0.714. The van der Waals surface area contributed by atoms with E-state index >= 15 is 0 Å². The molecule has 1 aliphatic rings. The van der Waals surface area contributed by atoms with Crippen LogP contribution in [0, 0.1) is 0 Å². The average molecular weight is 217 g/mol.